The van der Waals surface area contributed by atoms with Gasteiger partial charge in [-0.15, -0.1) is 5.10 Å². The van der Waals surface area contributed by atoms with E-state index in [-0.39, 0.29) is 11.7 Å². The summed E-state index contributed by atoms with van der Waals surface area (Å²) in [5, 5.41) is 15.9. The molecule has 0 amide bonds. The van der Waals surface area contributed by atoms with Crippen molar-refractivity contribution in [2.75, 3.05) is 0 Å². The maximum Gasteiger partial charge on any atom is 0.231 e. The summed E-state index contributed by atoms with van der Waals surface area (Å²) >= 11 is 1.22. The van der Waals surface area contributed by atoms with E-state index in [0.717, 1.165) is 12.2 Å². The minimum Gasteiger partial charge on any atom is -0.409 e. The highest BCUT2D eigenvalue weighted by Gasteiger charge is 2.10. The minimum absolute atomic E-state index is 0.140. The zero-order chi connectivity index (χ0) is 11.5. The molecule has 84 valence electrons. The van der Waals surface area contributed by atoms with Crippen molar-refractivity contribution >= 4 is 17.4 Å². The molecule has 0 saturated heterocycles. The number of aryl methyl sites for hydroxylation is 1. The first-order valence-corrected chi connectivity index (χ1v) is 5.24. The molecule has 16 heavy (non-hydrogen) atoms. The molecule has 2 rings (SSSR count). The van der Waals surface area contributed by atoms with Crippen LogP contribution in [0.4, 0.5) is 0 Å². The summed E-state index contributed by atoms with van der Waals surface area (Å²) in [6.45, 7) is 1.97. The van der Waals surface area contributed by atoms with Crippen LogP contribution in [-0.2, 0) is 6.42 Å². The molecule has 0 aromatic carbocycles. The van der Waals surface area contributed by atoms with Crippen molar-refractivity contribution in [3.05, 3.63) is 18.0 Å². The predicted octanol–water partition coefficient (Wildman–Crippen LogP) is -0.224. The summed E-state index contributed by atoms with van der Waals surface area (Å²) < 4.78 is 5.55. The SMILES string of the molecule is CCc1nsc(-n2cnc(C(N)=NO)n2)n1. The predicted molar refractivity (Wildman–Crippen MR) is 56.7 cm³/mol. The lowest BCUT2D eigenvalue weighted by Crippen LogP contribution is -2.15. The Morgan fingerprint density at radius 2 is 2.50 bits per heavy atom. The highest BCUT2D eigenvalue weighted by Crippen LogP contribution is 2.09. The van der Waals surface area contributed by atoms with E-state index in [1.54, 1.807) is 0 Å². The summed E-state index contributed by atoms with van der Waals surface area (Å²) in [5.41, 5.74) is 5.35. The van der Waals surface area contributed by atoms with Gasteiger partial charge in [0.1, 0.15) is 12.2 Å². The lowest BCUT2D eigenvalue weighted by atomic mass is 10.5. The molecule has 0 aliphatic heterocycles. The molecule has 0 unspecified atom stereocenters. The second kappa shape index (κ2) is 4.23. The molecule has 8 nitrogen and oxygen atoms in total. The number of hydrogen-bond acceptors (Lipinski definition) is 7. The molecule has 0 aliphatic carbocycles. The molecular formula is C7H9N7OS. The van der Waals surface area contributed by atoms with Gasteiger partial charge < -0.3 is 10.9 Å². The molecule has 0 spiro atoms. The highest BCUT2D eigenvalue weighted by atomic mass is 32.1. The van der Waals surface area contributed by atoms with E-state index in [1.165, 1.54) is 22.5 Å². The van der Waals surface area contributed by atoms with Crippen molar-refractivity contribution in [1.29, 1.82) is 0 Å². The third-order valence-electron chi connectivity index (χ3n) is 1.80. The van der Waals surface area contributed by atoms with Crippen molar-refractivity contribution < 1.29 is 5.21 Å². The lowest BCUT2D eigenvalue weighted by molar-refractivity contribution is 0.318. The summed E-state index contributed by atoms with van der Waals surface area (Å²) in [6.07, 6.45) is 2.20. The van der Waals surface area contributed by atoms with Crippen LogP contribution in [0.1, 0.15) is 18.6 Å². The van der Waals surface area contributed by atoms with Gasteiger partial charge in [-0.1, -0.05) is 12.1 Å². The van der Waals surface area contributed by atoms with Crippen molar-refractivity contribution in [2.24, 2.45) is 10.9 Å². The molecule has 0 atom stereocenters. The van der Waals surface area contributed by atoms with Crippen LogP contribution in [0, 0.1) is 0 Å². The van der Waals surface area contributed by atoms with Gasteiger partial charge in [-0.05, 0) is 0 Å². The first-order chi connectivity index (χ1) is 7.74. The van der Waals surface area contributed by atoms with Gasteiger partial charge in [-0.2, -0.15) is 9.06 Å². The van der Waals surface area contributed by atoms with E-state index in [9.17, 15) is 0 Å². The maximum atomic E-state index is 8.46. The van der Waals surface area contributed by atoms with Crippen molar-refractivity contribution in [3.8, 4) is 5.13 Å². The highest BCUT2D eigenvalue weighted by molar-refractivity contribution is 7.08. The second-order valence-corrected chi connectivity index (χ2v) is 3.58. The Balaban J connectivity index is 2.31. The van der Waals surface area contributed by atoms with Crippen LogP contribution >= 0.6 is 11.5 Å². The van der Waals surface area contributed by atoms with Crippen LogP contribution in [-0.4, -0.2) is 35.2 Å². The maximum absolute atomic E-state index is 8.46. The van der Waals surface area contributed by atoms with Gasteiger partial charge in [0.15, 0.2) is 0 Å². The Labute approximate surface area is 94.6 Å². The smallest absolute Gasteiger partial charge is 0.231 e. The van der Waals surface area contributed by atoms with Gasteiger partial charge in [-0.25, -0.2) is 9.97 Å². The monoisotopic (exact) mass is 239 g/mol. The zero-order valence-electron chi connectivity index (χ0n) is 8.40. The van der Waals surface area contributed by atoms with E-state index >= 15 is 0 Å². The molecule has 0 aliphatic rings. The van der Waals surface area contributed by atoms with E-state index in [2.05, 4.69) is 24.6 Å². The number of oxime groups is 1. The lowest BCUT2D eigenvalue weighted by Gasteiger charge is -1.90. The Hall–Kier alpha value is -2.03. The summed E-state index contributed by atoms with van der Waals surface area (Å²) in [5.74, 6) is 0.760. The Morgan fingerprint density at radius 1 is 1.69 bits per heavy atom. The van der Waals surface area contributed by atoms with Gasteiger partial charge in [0.05, 0.1) is 0 Å². The third kappa shape index (κ3) is 1.84. The van der Waals surface area contributed by atoms with Crippen LogP contribution in [0.3, 0.4) is 0 Å². The number of hydrogen-bond donors (Lipinski definition) is 2. The molecule has 3 N–H and O–H groups in total. The van der Waals surface area contributed by atoms with Gasteiger partial charge in [0, 0.05) is 18.0 Å². The fourth-order valence-electron chi connectivity index (χ4n) is 0.999. The normalized spacial score (nSPS) is 11.9. The molecule has 2 aromatic heterocycles. The van der Waals surface area contributed by atoms with E-state index in [0.29, 0.717) is 5.13 Å². The first kappa shape index (κ1) is 10.5. The third-order valence-corrected chi connectivity index (χ3v) is 2.54. The number of amidine groups is 1. The summed E-state index contributed by atoms with van der Waals surface area (Å²) in [4.78, 5) is 8.10. The minimum atomic E-state index is -0.140. The van der Waals surface area contributed by atoms with Gasteiger partial charge in [-0.3, -0.25) is 0 Å². The van der Waals surface area contributed by atoms with Gasteiger partial charge >= 0.3 is 0 Å². The average Bonchev–Trinajstić information content (AvgIpc) is 2.95. The van der Waals surface area contributed by atoms with E-state index in [4.69, 9.17) is 10.9 Å². The Morgan fingerprint density at radius 3 is 3.12 bits per heavy atom. The molecule has 2 heterocycles. The molecule has 2 aromatic rings. The van der Waals surface area contributed by atoms with Crippen molar-refractivity contribution in [1.82, 2.24) is 24.1 Å². The number of aromatic nitrogens is 5. The standard InChI is InChI=1S/C7H9N7OS/c1-2-4-10-7(16-13-4)14-3-9-6(11-14)5(8)12-15/h3,15H,2H2,1H3,(H2,8,12). The van der Waals surface area contributed by atoms with Crippen LogP contribution in [0.5, 0.6) is 0 Å². The molecule has 9 heteroatoms. The number of nitrogens with two attached hydrogens (primary N) is 1. The van der Waals surface area contributed by atoms with Crippen LogP contribution in [0.2, 0.25) is 0 Å². The van der Waals surface area contributed by atoms with Crippen LogP contribution in [0.15, 0.2) is 11.5 Å². The van der Waals surface area contributed by atoms with E-state index in [1.807, 2.05) is 6.92 Å². The molecule has 0 fully saturated rings. The van der Waals surface area contributed by atoms with Crippen molar-refractivity contribution in [2.45, 2.75) is 13.3 Å². The largest absolute Gasteiger partial charge is 0.409 e. The number of rotatable bonds is 3. The van der Waals surface area contributed by atoms with Crippen LogP contribution in [0.25, 0.3) is 5.13 Å². The van der Waals surface area contributed by atoms with E-state index < -0.39 is 0 Å². The summed E-state index contributed by atoms with van der Waals surface area (Å²) in [7, 11) is 0. The van der Waals surface area contributed by atoms with Crippen LogP contribution < -0.4 is 5.73 Å². The van der Waals surface area contributed by atoms with Gasteiger partial charge in [0.2, 0.25) is 16.8 Å². The summed E-state index contributed by atoms with van der Waals surface area (Å²) in [6, 6.07) is 0. The molecule has 0 radical (unpaired) electrons. The topological polar surface area (TPSA) is 115 Å². The second-order valence-electron chi connectivity index (χ2n) is 2.84. The number of nitrogens with zero attached hydrogens (tertiary/aromatic N) is 6. The fraction of sp³-hybridized carbons (Fsp3) is 0.286. The molecule has 0 bridgehead atoms. The first-order valence-electron chi connectivity index (χ1n) is 4.47. The Bertz CT molecular complexity index is 516. The zero-order valence-corrected chi connectivity index (χ0v) is 9.22. The van der Waals surface area contributed by atoms with Gasteiger partial charge in [0.25, 0.3) is 0 Å². The average molecular weight is 239 g/mol. The Kier molecular flexibility index (Phi) is 2.77. The quantitative estimate of drug-likeness (QED) is 0.331. The molecule has 0 saturated carbocycles. The van der Waals surface area contributed by atoms with Crippen molar-refractivity contribution in [3.63, 3.8) is 0 Å². The molecular weight excluding hydrogens is 230 g/mol. The fourth-order valence-corrected chi connectivity index (χ4v) is 1.67.